The minimum atomic E-state index is 0.0867. The molecule has 0 unspecified atom stereocenters. The van der Waals surface area contributed by atoms with Crippen LogP contribution in [0.3, 0.4) is 0 Å². The first-order valence-corrected chi connectivity index (χ1v) is 8.17. The fraction of sp³-hybridized carbons (Fsp3) is 0.118. The molecule has 0 bridgehead atoms. The molecule has 3 aromatic rings. The van der Waals surface area contributed by atoms with Crippen molar-refractivity contribution in [2.24, 2.45) is 5.10 Å². The molecular formula is C17H14N4OS. The number of phenols is 1. The molecule has 4 rings (SSSR count). The van der Waals surface area contributed by atoms with Crippen LogP contribution in [0, 0.1) is 0 Å². The van der Waals surface area contributed by atoms with E-state index < -0.39 is 0 Å². The summed E-state index contributed by atoms with van der Waals surface area (Å²) in [5.74, 6) is 0.935. The molecule has 114 valence electrons. The van der Waals surface area contributed by atoms with Crippen LogP contribution < -0.4 is 0 Å². The van der Waals surface area contributed by atoms with Gasteiger partial charge in [-0.15, -0.1) is 10.2 Å². The molecule has 0 radical (unpaired) electrons. The lowest BCUT2D eigenvalue weighted by molar-refractivity contribution is 0.474. The summed E-state index contributed by atoms with van der Waals surface area (Å²) in [4.78, 5) is 0. The van der Waals surface area contributed by atoms with Crippen LogP contribution in [0.25, 0.3) is 11.4 Å². The van der Waals surface area contributed by atoms with Crippen molar-refractivity contribution in [2.45, 2.75) is 17.3 Å². The molecule has 23 heavy (non-hydrogen) atoms. The molecule has 1 aromatic heterocycles. The topological polar surface area (TPSA) is 63.3 Å². The zero-order valence-corrected chi connectivity index (χ0v) is 13.2. The summed E-state index contributed by atoms with van der Waals surface area (Å²) in [6.07, 6.45) is 0. The van der Waals surface area contributed by atoms with Gasteiger partial charge in [-0.2, -0.15) is 9.78 Å². The van der Waals surface area contributed by atoms with E-state index in [4.69, 9.17) is 5.10 Å². The van der Waals surface area contributed by atoms with Crippen molar-refractivity contribution in [1.82, 2.24) is 14.9 Å². The predicted octanol–water partition coefficient (Wildman–Crippen LogP) is 3.40. The number of fused-ring (bicyclic) bond motifs is 1. The fourth-order valence-corrected chi connectivity index (χ4v) is 3.48. The molecule has 0 fully saturated rings. The van der Waals surface area contributed by atoms with Gasteiger partial charge in [-0.25, -0.2) is 0 Å². The minimum Gasteiger partial charge on any atom is -0.507 e. The van der Waals surface area contributed by atoms with Crippen LogP contribution >= 0.6 is 11.8 Å². The summed E-state index contributed by atoms with van der Waals surface area (Å²) in [5.41, 5.74) is 2.52. The standard InChI is InChI=1S/C17H14N4OS/c1-11-15(13-9-5-6-10-14(13)22)20-21-16(18-19-17(21)23-11)12-7-3-2-4-8-12/h2-11,22H,1H3/t11-/m1/s1. The van der Waals surface area contributed by atoms with Gasteiger partial charge in [-0.1, -0.05) is 54.2 Å². The molecule has 1 aliphatic rings. The second kappa shape index (κ2) is 5.55. The minimum absolute atomic E-state index is 0.0867. The van der Waals surface area contributed by atoms with Crippen molar-refractivity contribution in [3.63, 3.8) is 0 Å². The average molecular weight is 322 g/mol. The van der Waals surface area contributed by atoms with E-state index in [1.807, 2.05) is 42.5 Å². The molecule has 1 N–H and O–H groups in total. The monoisotopic (exact) mass is 322 g/mol. The maximum Gasteiger partial charge on any atom is 0.213 e. The van der Waals surface area contributed by atoms with Gasteiger partial charge in [0.25, 0.3) is 0 Å². The Hall–Kier alpha value is -2.60. The summed E-state index contributed by atoms with van der Waals surface area (Å²) < 4.78 is 1.75. The van der Waals surface area contributed by atoms with E-state index in [2.05, 4.69) is 17.1 Å². The highest BCUT2D eigenvalue weighted by Gasteiger charge is 2.27. The van der Waals surface area contributed by atoms with Crippen LogP contribution in [-0.4, -0.2) is 30.9 Å². The Morgan fingerprint density at radius 1 is 1.00 bits per heavy atom. The van der Waals surface area contributed by atoms with Gasteiger partial charge in [0, 0.05) is 11.1 Å². The Morgan fingerprint density at radius 2 is 1.74 bits per heavy atom. The van der Waals surface area contributed by atoms with E-state index in [0.29, 0.717) is 5.82 Å². The van der Waals surface area contributed by atoms with Crippen LogP contribution in [-0.2, 0) is 0 Å². The molecule has 0 saturated heterocycles. The smallest absolute Gasteiger partial charge is 0.213 e. The maximum atomic E-state index is 10.1. The van der Waals surface area contributed by atoms with Crippen molar-refractivity contribution in [3.05, 3.63) is 60.2 Å². The molecule has 0 spiro atoms. The first kappa shape index (κ1) is 14.0. The van der Waals surface area contributed by atoms with Gasteiger partial charge in [0.2, 0.25) is 5.16 Å². The van der Waals surface area contributed by atoms with E-state index in [1.54, 1.807) is 28.6 Å². The molecular weight excluding hydrogens is 308 g/mol. The van der Waals surface area contributed by atoms with Crippen molar-refractivity contribution in [3.8, 4) is 17.1 Å². The van der Waals surface area contributed by atoms with E-state index in [1.165, 1.54) is 0 Å². The molecule has 1 aliphatic heterocycles. The number of aromatic hydroxyl groups is 1. The molecule has 0 aliphatic carbocycles. The number of phenolic OH excluding ortho intramolecular Hbond substituents is 1. The van der Waals surface area contributed by atoms with E-state index >= 15 is 0 Å². The number of benzene rings is 2. The van der Waals surface area contributed by atoms with Gasteiger partial charge in [0.05, 0.1) is 11.0 Å². The number of nitrogens with zero attached hydrogens (tertiary/aromatic N) is 4. The number of hydrogen-bond donors (Lipinski definition) is 1. The number of hydrogen-bond acceptors (Lipinski definition) is 5. The van der Waals surface area contributed by atoms with E-state index in [0.717, 1.165) is 22.0 Å². The van der Waals surface area contributed by atoms with Crippen molar-refractivity contribution in [2.75, 3.05) is 0 Å². The number of thioether (sulfide) groups is 1. The molecule has 1 atom stereocenters. The fourth-order valence-electron chi connectivity index (χ4n) is 2.56. The Bertz CT molecular complexity index is 889. The molecule has 5 nitrogen and oxygen atoms in total. The van der Waals surface area contributed by atoms with E-state index in [9.17, 15) is 5.11 Å². The average Bonchev–Trinajstić information content (AvgIpc) is 2.98. The predicted molar refractivity (Wildman–Crippen MR) is 90.8 cm³/mol. The SMILES string of the molecule is C[C@H]1Sc2nnc(-c3ccccc3)n2N=C1c1ccccc1O. The lowest BCUT2D eigenvalue weighted by Crippen LogP contribution is -2.21. The first-order valence-electron chi connectivity index (χ1n) is 7.29. The van der Waals surface area contributed by atoms with E-state index in [-0.39, 0.29) is 11.0 Å². The van der Waals surface area contributed by atoms with Gasteiger partial charge in [0.15, 0.2) is 5.82 Å². The Kier molecular flexibility index (Phi) is 3.38. The number of aromatic nitrogens is 3. The quantitative estimate of drug-likeness (QED) is 0.785. The zero-order chi connectivity index (χ0) is 15.8. The Labute approximate surface area is 137 Å². The molecule has 2 heterocycles. The van der Waals surface area contributed by atoms with Gasteiger partial charge in [0.1, 0.15) is 5.75 Å². The Morgan fingerprint density at radius 3 is 2.52 bits per heavy atom. The molecule has 6 heteroatoms. The lowest BCUT2D eigenvalue weighted by atomic mass is 10.1. The number of para-hydroxylation sites is 1. The van der Waals surface area contributed by atoms with Crippen LogP contribution in [0.2, 0.25) is 0 Å². The highest BCUT2D eigenvalue weighted by molar-refractivity contribution is 8.00. The van der Waals surface area contributed by atoms with Gasteiger partial charge in [-0.3, -0.25) is 0 Å². The van der Waals surface area contributed by atoms with Crippen LogP contribution in [0.1, 0.15) is 12.5 Å². The largest absolute Gasteiger partial charge is 0.507 e. The zero-order valence-electron chi connectivity index (χ0n) is 12.4. The summed E-state index contributed by atoms with van der Waals surface area (Å²) in [5, 5.41) is 24.2. The van der Waals surface area contributed by atoms with Crippen LogP contribution in [0.5, 0.6) is 5.75 Å². The van der Waals surface area contributed by atoms with Crippen molar-refractivity contribution in [1.29, 1.82) is 0 Å². The summed E-state index contributed by atoms with van der Waals surface area (Å²) in [7, 11) is 0. The van der Waals surface area contributed by atoms with Crippen molar-refractivity contribution >= 4 is 17.5 Å². The highest BCUT2D eigenvalue weighted by Crippen LogP contribution is 2.34. The molecule has 0 amide bonds. The van der Waals surface area contributed by atoms with Crippen LogP contribution in [0.4, 0.5) is 0 Å². The molecule has 2 aromatic carbocycles. The summed E-state index contributed by atoms with van der Waals surface area (Å²) >= 11 is 1.59. The number of rotatable bonds is 2. The third-order valence-electron chi connectivity index (χ3n) is 3.70. The van der Waals surface area contributed by atoms with Gasteiger partial charge >= 0.3 is 0 Å². The normalized spacial score (nSPS) is 16.7. The maximum absolute atomic E-state index is 10.1. The lowest BCUT2D eigenvalue weighted by Gasteiger charge is -2.20. The van der Waals surface area contributed by atoms with Gasteiger partial charge in [-0.05, 0) is 19.1 Å². The first-order chi connectivity index (χ1) is 11.2. The second-order valence-corrected chi connectivity index (χ2v) is 6.55. The highest BCUT2D eigenvalue weighted by atomic mass is 32.2. The van der Waals surface area contributed by atoms with Crippen LogP contribution in [0.15, 0.2) is 64.9 Å². The van der Waals surface area contributed by atoms with Gasteiger partial charge < -0.3 is 5.11 Å². The summed E-state index contributed by atoms with van der Waals surface area (Å²) in [6, 6.07) is 17.1. The second-order valence-electron chi connectivity index (χ2n) is 5.25. The third-order valence-corrected chi connectivity index (χ3v) is 4.74. The Balaban J connectivity index is 1.87. The summed E-state index contributed by atoms with van der Waals surface area (Å²) in [6.45, 7) is 2.05. The third kappa shape index (κ3) is 2.41. The van der Waals surface area contributed by atoms with Crippen molar-refractivity contribution < 1.29 is 5.11 Å². The molecule has 0 saturated carbocycles.